The number of nitrogens with zero attached hydrogens (tertiary/aromatic N) is 1. The van der Waals surface area contributed by atoms with Crippen molar-refractivity contribution in [1.29, 1.82) is 0 Å². The molecular weight excluding hydrogens is 342 g/mol. The Hall–Kier alpha value is -2.74. The lowest BCUT2D eigenvalue weighted by Crippen LogP contribution is -2.12. The lowest BCUT2D eigenvalue weighted by atomic mass is 10.2. The van der Waals surface area contributed by atoms with E-state index in [9.17, 15) is 8.42 Å². The van der Waals surface area contributed by atoms with Gasteiger partial charge in [0, 0.05) is 16.9 Å². The number of sulfonamides is 1. The fourth-order valence-electron chi connectivity index (χ4n) is 2.31. The molecule has 0 bridgehead atoms. The van der Waals surface area contributed by atoms with Gasteiger partial charge in [0.15, 0.2) is 5.76 Å². The summed E-state index contributed by atoms with van der Waals surface area (Å²) in [5, 5.41) is 6.83. The maximum atomic E-state index is 12.5. The Morgan fingerprint density at radius 1 is 1.16 bits per heavy atom. The average Bonchev–Trinajstić information content (AvgIpc) is 3.18. The predicted octanol–water partition coefficient (Wildman–Crippen LogP) is 3.49. The van der Waals surface area contributed by atoms with Crippen LogP contribution in [-0.4, -0.2) is 25.2 Å². The lowest BCUT2D eigenvalue weighted by molar-refractivity contribution is 0.340. The summed E-state index contributed by atoms with van der Waals surface area (Å²) < 4.78 is 38.3. The Morgan fingerprint density at radius 3 is 2.48 bits per heavy atom. The third-order valence-electron chi connectivity index (χ3n) is 3.75. The molecule has 1 aromatic carbocycles. The minimum absolute atomic E-state index is 0.170. The number of anilines is 1. The molecule has 25 heavy (non-hydrogen) atoms. The molecule has 0 unspecified atom stereocenters. The van der Waals surface area contributed by atoms with Crippen LogP contribution >= 0.6 is 0 Å². The Bertz CT molecular complexity index is 972. The van der Waals surface area contributed by atoms with E-state index in [1.165, 1.54) is 6.07 Å². The minimum atomic E-state index is -3.83. The normalized spacial score (nSPS) is 11.5. The summed E-state index contributed by atoms with van der Waals surface area (Å²) in [6.45, 7) is 6.21. The number of aryl methyl sites for hydroxylation is 1. The van der Waals surface area contributed by atoms with Crippen LogP contribution < -0.4 is 9.46 Å². The SMILES string of the molecule is CCOc1ccc(NS(=O)(=O)c2ccc(-c3n[nH]c(C)c3C)o2)cc1. The number of hydrogen-bond donors (Lipinski definition) is 2. The summed E-state index contributed by atoms with van der Waals surface area (Å²) in [7, 11) is -3.83. The van der Waals surface area contributed by atoms with E-state index >= 15 is 0 Å². The molecule has 0 radical (unpaired) electrons. The van der Waals surface area contributed by atoms with Crippen molar-refractivity contribution in [2.24, 2.45) is 0 Å². The molecule has 2 heterocycles. The zero-order chi connectivity index (χ0) is 18.0. The molecule has 2 aromatic heterocycles. The third-order valence-corrected chi connectivity index (χ3v) is 5.00. The molecule has 0 fully saturated rings. The van der Waals surface area contributed by atoms with Gasteiger partial charge in [-0.25, -0.2) is 0 Å². The molecular formula is C17H19N3O4S. The van der Waals surface area contributed by atoms with Crippen molar-refractivity contribution in [2.75, 3.05) is 11.3 Å². The number of benzene rings is 1. The fraction of sp³-hybridized carbons (Fsp3) is 0.235. The van der Waals surface area contributed by atoms with E-state index in [1.807, 2.05) is 20.8 Å². The first-order chi connectivity index (χ1) is 11.9. The molecule has 0 amide bonds. The van der Waals surface area contributed by atoms with Crippen molar-refractivity contribution in [1.82, 2.24) is 10.2 Å². The molecule has 0 saturated heterocycles. The van der Waals surface area contributed by atoms with Crippen LogP contribution in [0.25, 0.3) is 11.5 Å². The number of ether oxygens (including phenoxy) is 1. The lowest BCUT2D eigenvalue weighted by Gasteiger charge is -2.07. The van der Waals surface area contributed by atoms with Gasteiger partial charge in [0.1, 0.15) is 11.4 Å². The van der Waals surface area contributed by atoms with Gasteiger partial charge in [-0.05, 0) is 57.2 Å². The van der Waals surface area contributed by atoms with Crippen LogP contribution in [0.5, 0.6) is 5.75 Å². The summed E-state index contributed by atoms with van der Waals surface area (Å²) >= 11 is 0. The van der Waals surface area contributed by atoms with Crippen LogP contribution in [0.1, 0.15) is 18.2 Å². The maximum absolute atomic E-state index is 12.5. The zero-order valence-corrected chi connectivity index (χ0v) is 15.0. The van der Waals surface area contributed by atoms with E-state index in [0.717, 1.165) is 11.3 Å². The van der Waals surface area contributed by atoms with Crippen molar-refractivity contribution in [3.8, 4) is 17.2 Å². The van der Waals surface area contributed by atoms with E-state index in [2.05, 4.69) is 14.9 Å². The number of aromatic amines is 1. The first-order valence-electron chi connectivity index (χ1n) is 7.78. The molecule has 132 valence electrons. The highest BCUT2D eigenvalue weighted by Crippen LogP contribution is 2.28. The zero-order valence-electron chi connectivity index (χ0n) is 14.2. The van der Waals surface area contributed by atoms with E-state index < -0.39 is 10.0 Å². The molecule has 3 rings (SSSR count). The highest BCUT2D eigenvalue weighted by atomic mass is 32.2. The van der Waals surface area contributed by atoms with Crippen molar-refractivity contribution < 1.29 is 17.6 Å². The monoisotopic (exact) mass is 361 g/mol. The number of hydrogen-bond acceptors (Lipinski definition) is 5. The summed E-state index contributed by atoms with van der Waals surface area (Å²) in [5.74, 6) is 1.07. The quantitative estimate of drug-likeness (QED) is 0.700. The summed E-state index contributed by atoms with van der Waals surface area (Å²) in [6, 6.07) is 9.67. The van der Waals surface area contributed by atoms with Crippen LogP contribution in [0.2, 0.25) is 0 Å². The molecule has 3 aromatic rings. The second-order valence-corrected chi connectivity index (χ2v) is 7.12. The Morgan fingerprint density at radius 2 is 1.88 bits per heavy atom. The highest BCUT2D eigenvalue weighted by molar-refractivity contribution is 7.92. The summed E-state index contributed by atoms with van der Waals surface area (Å²) in [6.07, 6.45) is 0. The van der Waals surface area contributed by atoms with Gasteiger partial charge in [0.05, 0.1) is 6.61 Å². The maximum Gasteiger partial charge on any atom is 0.295 e. The van der Waals surface area contributed by atoms with Gasteiger partial charge in [-0.3, -0.25) is 9.82 Å². The fourth-order valence-corrected chi connectivity index (χ4v) is 3.30. The molecule has 0 atom stereocenters. The standard InChI is InChI=1S/C17H19N3O4S/c1-4-23-14-7-5-13(6-8-14)20-25(21,22)16-10-9-15(24-16)17-11(2)12(3)18-19-17/h5-10,20H,4H2,1-3H3,(H,18,19). The van der Waals surface area contributed by atoms with Crippen molar-refractivity contribution >= 4 is 15.7 Å². The van der Waals surface area contributed by atoms with Crippen molar-refractivity contribution in [3.05, 3.63) is 47.7 Å². The Kier molecular flexibility index (Phi) is 4.54. The topological polar surface area (TPSA) is 97.2 Å². The smallest absolute Gasteiger partial charge is 0.295 e. The molecule has 8 heteroatoms. The van der Waals surface area contributed by atoms with Gasteiger partial charge in [-0.15, -0.1) is 0 Å². The number of nitrogens with one attached hydrogen (secondary N) is 2. The van der Waals surface area contributed by atoms with E-state index in [-0.39, 0.29) is 5.09 Å². The Labute approximate surface area is 146 Å². The average molecular weight is 361 g/mol. The molecule has 7 nitrogen and oxygen atoms in total. The molecule has 0 spiro atoms. The molecule has 0 aliphatic rings. The van der Waals surface area contributed by atoms with Gasteiger partial charge in [0.2, 0.25) is 5.09 Å². The number of rotatable bonds is 6. The van der Waals surface area contributed by atoms with E-state index in [0.29, 0.717) is 29.5 Å². The van der Waals surface area contributed by atoms with Crippen LogP contribution in [0.15, 0.2) is 45.9 Å². The van der Waals surface area contributed by atoms with E-state index in [4.69, 9.17) is 9.15 Å². The van der Waals surface area contributed by atoms with Gasteiger partial charge < -0.3 is 9.15 Å². The predicted molar refractivity (Wildman–Crippen MR) is 94.2 cm³/mol. The molecule has 0 saturated carbocycles. The van der Waals surface area contributed by atoms with Crippen LogP contribution in [0, 0.1) is 13.8 Å². The van der Waals surface area contributed by atoms with Crippen molar-refractivity contribution in [2.45, 2.75) is 25.9 Å². The van der Waals surface area contributed by atoms with Gasteiger partial charge in [-0.1, -0.05) is 0 Å². The highest BCUT2D eigenvalue weighted by Gasteiger charge is 2.21. The van der Waals surface area contributed by atoms with Gasteiger partial charge in [-0.2, -0.15) is 13.5 Å². The number of H-pyrrole nitrogens is 1. The van der Waals surface area contributed by atoms with E-state index in [1.54, 1.807) is 30.3 Å². The second kappa shape index (κ2) is 6.64. The summed E-state index contributed by atoms with van der Waals surface area (Å²) in [4.78, 5) is 0. The van der Waals surface area contributed by atoms with Crippen LogP contribution in [0.4, 0.5) is 5.69 Å². The first kappa shape index (κ1) is 17.1. The van der Waals surface area contributed by atoms with Crippen LogP contribution in [-0.2, 0) is 10.0 Å². The minimum Gasteiger partial charge on any atom is -0.494 e. The van der Waals surface area contributed by atoms with Gasteiger partial charge in [0.25, 0.3) is 10.0 Å². The molecule has 0 aliphatic heterocycles. The largest absolute Gasteiger partial charge is 0.494 e. The number of aromatic nitrogens is 2. The van der Waals surface area contributed by atoms with Crippen molar-refractivity contribution in [3.63, 3.8) is 0 Å². The molecule has 2 N–H and O–H groups in total. The van der Waals surface area contributed by atoms with Crippen LogP contribution in [0.3, 0.4) is 0 Å². The summed E-state index contributed by atoms with van der Waals surface area (Å²) in [5.41, 5.74) is 2.84. The molecule has 0 aliphatic carbocycles. The third kappa shape index (κ3) is 3.53. The van der Waals surface area contributed by atoms with Gasteiger partial charge >= 0.3 is 0 Å². The second-order valence-electron chi connectivity index (χ2n) is 5.50. The number of furan rings is 1. The first-order valence-corrected chi connectivity index (χ1v) is 9.26. The Balaban J connectivity index is 1.82.